The Balaban J connectivity index is 2.42. The maximum atomic E-state index is 10.1. The number of aldehydes is 1. The Labute approximate surface area is 63.3 Å². The van der Waals surface area contributed by atoms with E-state index in [2.05, 4.69) is 22.0 Å². The number of allylic oxidation sites excluding steroid dienone is 2. The summed E-state index contributed by atoms with van der Waals surface area (Å²) in [6, 6.07) is 0. The molecule has 0 aromatic carbocycles. The van der Waals surface area contributed by atoms with Gasteiger partial charge in [-0.15, -0.1) is 0 Å². The van der Waals surface area contributed by atoms with Crippen LogP contribution in [0.5, 0.6) is 0 Å². The molecule has 0 N–H and O–H groups in total. The summed E-state index contributed by atoms with van der Waals surface area (Å²) in [5.74, 6) is 0.488. The third kappa shape index (κ3) is 1.65. The molecule has 1 unspecified atom stereocenters. The first-order valence-electron chi connectivity index (χ1n) is 3.14. The lowest BCUT2D eigenvalue weighted by Gasteiger charge is -2.02. The zero-order valence-corrected chi connectivity index (χ0v) is 6.73. The number of carbonyl (C=O) groups is 1. The molecule has 1 atom stereocenters. The Kier molecular flexibility index (Phi) is 2.46. The molecule has 0 aliphatic heterocycles. The van der Waals surface area contributed by atoms with E-state index in [4.69, 9.17) is 0 Å². The molecular formula is C7H9BrO. The van der Waals surface area contributed by atoms with Crippen molar-refractivity contribution in [2.45, 2.75) is 19.3 Å². The van der Waals surface area contributed by atoms with E-state index in [9.17, 15) is 4.79 Å². The van der Waals surface area contributed by atoms with Crippen molar-refractivity contribution in [3.05, 3.63) is 10.6 Å². The van der Waals surface area contributed by atoms with Crippen LogP contribution in [0.4, 0.5) is 0 Å². The van der Waals surface area contributed by atoms with Crippen LogP contribution in [0.3, 0.4) is 0 Å². The van der Waals surface area contributed by atoms with E-state index in [0.29, 0.717) is 12.3 Å². The zero-order valence-electron chi connectivity index (χ0n) is 5.14. The standard InChI is InChI=1S/C7H9BrO/c8-7-3-1-2-6(7)4-5-9/h3,5-6H,1-2,4H2. The highest BCUT2D eigenvalue weighted by atomic mass is 79.9. The van der Waals surface area contributed by atoms with Crippen molar-refractivity contribution in [2.75, 3.05) is 0 Å². The van der Waals surface area contributed by atoms with Gasteiger partial charge in [-0.25, -0.2) is 0 Å². The summed E-state index contributed by atoms with van der Waals surface area (Å²) in [5, 5.41) is 0. The highest BCUT2D eigenvalue weighted by molar-refractivity contribution is 9.11. The van der Waals surface area contributed by atoms with Gasteiger partial charge in [-0.1, -0.05) is 22.0 Å². The molecular weight excluding hydrogens is 180 g/mol. The molecule has 1 rings (SSSR count). The van der Waals surface area contributed by atoms with Crippen molar-refractivity contribution in [3.63, 3.8) is 0 Å². The van der Waals surface area contributed by atoms with Crippen molar-refractivity contribution >= 4 is 22.2 Å². The van der Waals surface area contributed by atoms with Gasteiger partial charge in [0.2, 0.25) is 0 Å². The van der Waals surface area contributed by atoms with E-state index in [-0.39, 0.29) is 0 Å². The lowest BCUT2D eigenvalue weighted by atomic mass is 10.1. The van der Waals surface area contributed by atoms with Crippen LogP contribution in [0.1, 0.15) is 19.3 Å². The first-order chi connectivity index (χ1) is 4.34. The average molecular weight is 189 g/mol. The molecule has 0 heterocycles. The van der Waals surface area contributed by atoms with Crippen LogP contribution in [-0.4, -0.2) is 6.29 Å². The molecule has 1 nitrogen and oxygen atoms in total. The molecule has 50 valence electrons. The first-order valence-corrected chi connectivity index (χ1v) is 3.93. The largest absolute Gasteiger partial charge is 0.303 e. The van der Waals surface area contributed by atoms with Gasteiger partial charge in [0.05, 0.1) is 0 Å². The minimum Gasteiger partial charge on any atom is -0.303 e. The van der Waals surface area contributed by atoms with Crippen molar-refractivity contribution < 1.29 is 4.79 Å². The highest BCUT2D eigenvalue weighted by Crippen LogP contribution is 2.31. The Morgan fingerprint density at radius 2 is 2.67 bits per heavy atom. The maximum absolute atomic E-state index is 10.1. The summed E-state index contributed by atoms with van der Waals surface area (Å²) in [6.07, 6.45) is 6.08. The van der Waals surface area contributed by atoms with Gasteiger partial charge in [0.25, 0.3) is 0 Å². The van der Waals surface area contributed by atoms with Gasteiger partial charge in [-0.3, -0.25) is 0 Å². The number of halogens is 1. The second-order valence-corrected chi connectivity index (χ2v) is 3.18. The smallest absolute Gasteiger partial charge is 0.120 e. The predicted octanol–water partition coefficient (Wildman–Crippen LogP) is 2.26. The minimum atomic E-state index is 0.488. The molecule has 0 amide bonds. The van der Waals surface area contributed by atoms with Gasteiger partial charge < -0.3 is 4.79 Å². The highest BCUT2D eigenvalue weighted by Gasteiger charge is 2.15. The van der Waals surface area contributed by atoms with Gasteiger partial charge >= 0.3 is 0 Å². The van der Waals surface area contributed by atoms with Crippen LogP contribution in [0.2, 0.25) is 0 Å². The number of carbonyl (C=O) groups excluding carboxylic acids is 1. The van der Waals surface area contributed by atoms with Crippen molar-refractivity contribution in [3.8, 4) is 0 Å². The summed E-state index contributed by atoms with van der Waals surface area (Å²) >= 11 is 3.41. The van der Waals surface area contributed by atoms with Crippen LogP contribution in [0, 0.1) is 5.92 Å². The molecule has 0 bridgehead atoms. The lowest BCUT2D eigenvalue weighted by molar-refractivity contribution is -0.108. The summed E-state index contributed by atoms with van der Waals surface area (Å²) < 4.78 is 1.22. The SMILES string of the molecule is O=CCC1CCC=C1Br. The second kappa shape index (κ2) is 3.16. The number of hydrogen-bond acceptors (Lipinski definition) is 1. The minimum absolute atomic E-state index is 0.488. The fourth-order valence-electron chi connectivity index (χ4n) is 1.07. The molecule has 9 heavy (non-hydrogen) atoms. The molecule has 0 aromatic rings. The van der Waals surface area contributed by atoms with Gasteiger partial charge in [0.15, 0.2) is 0 Å². The number of hydrogen-bond donors (Lipinski definition) is 0. The molecule has 0 radical (unpaired) electrons. The van der Waals surface area contributed by atoms with Crippen molar-refractivity contribution in [1.29, 1.82) is 0 Å². The van der Waals surface area contributed by atoms with Crippen LogP contribution < -0.4 is 0 Å². The number of rotatable bonds is 2. The van der Waals surface area contributed by atoms with Crippen LogP contribution >= 0.6 is 15.9 Å². The van der Waals surface area contributed by atoms with E-state index in [1.807, 2.05) is 0 Å². The zero-order chi connectivity index (χ0) is 6.69. The van der Waals surface area contributed by atoms with Crippen LogP contribution in [0.25, 0.3) is 0 Å². The summed E-state index contributed by atoms with van der Waals surface area (Å²) in [6.45, 7) is 0. The molecule has 0 saturated heterocycles. The molecule has 1 aliphatic rings. The van der Waals surface area contributed by atoms with Gasteiger partial charge in [0.1, 0.15) is 6.29 Å². The van der Waals surface area contributed by atoms with Gasteiger partial charge in [0, 0.05) is 6.42 Å². The second-order valence-electron chi connectivity index (χ2n) is 2.27. The Bertz CT molecular complexity index is 140. The Morgan fingerprint density at radius 1 is 1.89 bits per heavy atom. The Hall–Kier alpha value is -0.110. The van der Waals surface area contributed by atoms with E-state index >= 15 is 0 Å². The molecule has 2 heteroatoms. The lowest BCUT2D eigenvalue weighted by Crippen LogP contribution is -1.94. The van der Waals surface area contributed by atoms with Gasteiger partial charge in [-0.05, 0) is 23.2 Å². The average Bonchev–Trinajstić information content (AvgIpc) is 2.18. The molecule has 0 aromatic heterocycles. The van der Waals surface area contributed by atoms with E-state index in [0.717, 1.165) is 19.1 Å². The van der Waals surface area contributed by atoms with Gasteiger partial charge in [-0.2, -0.15) is 0 Å². The van der Waals surface area contributed by atoms with Crippen LogP contribution in [0.15, 0.2) is 10.6 Å². The third-order valence-corrected chi connectivity index (χ3v) is 2.60. The summed E-state index contributed by atoms with van der Waals surface area (Å²) in [5.41, 5.74) is 0. The van der Waals surface area contributed by atoms with E-state index in [1.54, 1.807) is 0 Å². The molecule has 0 fully saturated rings. The van der Waals surface area contributed by atoms with Crippen molar-refractivity contribution in [1.82, 2.24) is 0 Å². The monoisotopic (exact) mass is 188 g/mol. The summed E-state index contributed by atoms with van der Waals surface area (Å²) in [4.78, 5) is 10.1. The molecule has 0 spiro atoms. The normalized spacial score (nSPS) is 25.9. The first kappa shape index (κ1) is 7.00. The van der Waals surface area contributed by atoms with Crippen molar-refractivity contribution in [2.24, 2.45) is 5.92 Å². The van der Waals surface area contributed by atoms with E-state index in [1.165, 1.54) is 4.48 Å². The maximum Gasteiger partial charge on any atom is 0.120 e. The topological polar surface area (TPSA) is 17.1 Å². The fourth-order valence-corrected chi connectivity index (χ4v) is 1.72. The Morgan fingerprint density at radius 3 is 3.11 bits per heavy atom. The third-order valence-electron chi connectivity index (χ3n) is 1.63. The quantitative estimate of drug-likeness (QED) is 0.609. The van der Waals surface area contributed by atoms with E-state index < -0.39 is 0 Å². The molecule has 0 saturated carbocycles. The predicted molar refractivity (Wildman–Crippen MR) is 40.4 cm³/mol. The summed E-state index contributed by atoms with van der Waals surface area (Å²) in [7, 11) is 0. The fraction of sp³-hybridized carbons (Fsp3) is 0.571. The van der Waals surface area contributed by atoms with Crippen LogP contribution in [-0.2, 0) is 4.79 Å². The molecule has 1 aliphatic carbocycles.